The lowest BCUT2D eigenvalue weighted by molar-refractivity contribution is 0.466. The predicted octanol–water partition coefficient (Wildman–Crippen LogP) is 3.60. The summed E-state index contributed by atoms with van der Waals surface area (Å²) < 4.78 is 0. The quantitative estimate of drug-likeness (QED) is 0.769. The first-order chi connectivity index (χ1) is 9.74. The van der Waals surface area contributed by atoms with Gasteiger partial charge in [-0.25, -0.2) is 4.98 Å². The van der Waals surface area contributed by atoms with Gasteiger partial charge in [0.05, 0.1) is 0 Å². The molecule has 0 unspecified atom stereocenters. The van der Waals surface area contributed by atoms with Gasteiger partial charge < -0.3 is 10.4 Å². The number of aromatic hydroxyl groups is 1. The molecular weight excluding hydrogens is 268 g/mol. The lowest BCUT2D eigenvalue weighted by Gasteiger charge is -2.09. The third kappa shape index (κ3) is 2.66. The molecule has 20 heavy (non-hydrogen) atoms. The topological polar surface area (TPSA) is 45.2 Å². The molecule has 3 rings (SSSR count). The molecule has 0 atom stereocenters. The van der Waals surface area contributed by atoms with Gasteiger partial charge in [0.2, 0.25) is 0 Å². The van der Waals surface area contributed by atoms with Crippen molar-refractivity contribution in [3.63, 3.8) is 0 Å². The monoisotopic (exact) mass is 284 g/mol. The second-order valence-corrected chi connectivity index (χ2v) is 6.07. The van der Waals surface area contributed by atoms with Crippen molar-refractivity contribution < 1.29 is 5.11 Å². The van der Waals surface area contributed by atoms with Crippen LogP contribution >= 0.6 is 11.3 Å². The Bertz CT molecular complexity index is 736. The molecule has 1 heterocycles. The van der Waals surface area contributed by atoms with Crippen molar-refractivity contribution in [2.75, 3.05) is 0 Å². The van der Waals surface area contributed by atoms with Gasteiger partial charge in [0.25, 0.3) is 0 Å². The Morgan fingerprint density at radius 2 is 2.00 bits per heavy atom. The summed E-state index contributed by atoms with van der Waals surface area (Å²) >= 11 is 1.69. The van der Waals surface area contributed by atoms with Gasteiger partial charge in [-0.1, -0.05) is 30.3 Å². The fourth-order valence-electron chi connectivity index (χ4n) is 2.29. The van der Waals surface area contributed by atoms with E-state index in [0.29, 0.717) is 12.3 Å². The van der Waals surface area contributed by atoms with E-state index in [-0.39, 0.29) is 0 Å². The van der Waals surface area contributed by atoms with E-state index < -0.39 is 0 Å². The van der Waals surface area contributed by atoms with Crippen LogP contribution in [0.4, 0.5) is 0 Å². The van der Waals surface area contributed by atoms with Crippen LogP contribution in [0.1, 0.15) is 15.4 Å². The fourth-order valence-corrected chi connectivity index (χ4v) is 3.04. The number of rotatable bonds is 4. The summed E-state index contributed by atoms with van der Waals surface area (Å²) in [7, 11) is 0. The van der Waals surface area contributed by atoms with Crippen LogP contribution in [0, 0.1) is 6.92 Å². The maximum absolute atomic E-state index is 10.1. The average Bonchev–Trinajstić information content (AvgIpc) is 2.87. The molecule has 3 aromatic rings. The molecule has 0 aliphatic heterocycles. The van der Waals surface area contributed by atoms with E-state index in [0.717, 1.165) is 27.9 Å². The normalized spacial score (nSPS) is 11.1. The Morgan fingerprint density at radius 3 is 2.80 bits per heavy atom. The number of hydrogen-bond acceptors (Lipinski definition) is 4. The van der Waals surface area contributed by atoms with Crippen molar-refractivity contribution in [2.45, 2.75) is 20.0 Å². The van der Waals surface area contributed by atoms with Crippen molar-refractivity contribution in [3.05, 3.63) is 58.0 Å². The molecule has 0 saturated carbocycles. The Labute approximate surface area is 121 Å². The van der Waals surface area contributed by atoms with Crippen molar-refractivity contribution in [1.29, 1.82) is 0 Å². The van der Waals surface area contributed by atoms with Crippen LogP contribution in [0.3, 0.4) is 0 Å². The standard InChI is InChI=1S/C16H16N2OS/c1-11-8-18-16(20-11)10-17-9-14-13-5-3-2-4-12(13)6-7-15(14)19/h2-8,17,19H,9-10H2,1H3. The van der Waals surface area contributed by atoms with Gasteiger partial charge in [-0.05, 0) is 23.8 Å². The number of aromatic nitrogens is 1. The molecule has 0 saturated heterocycles. The first-order valence-corrected chi connectivity index (χ1v) is 7.37. The zero-order chi connectivity index (χ0) is 13.9. The lowest BCUT2D eigenvalue weighted by Crippen LogP contribution is -2.12. The zero-order valence-corrected chi connectivity index (χ0v) is 12.1. The van der Waals surface area contributed by atoms with Gasteiger partial charge >= 0.3 is 0 Å². The largest absolute Gasteiger partial charge is 0.508 e. The van der Waals surface area contributed by atoms with E-state index in [1.54, 1.807) is 17.4 Å². The van der Waals surface area contributed by atoms with Gasteiger partial charge in [0.1, 0.15) is 10.8 Å². The number of fused-ring (bicyclic) bond motifs is 1. The van der Waals surface area contributed by atoms with E-state index in [2.05, 4.69) is 23.3 Å². The lowest BCUT2D eigenvalue weighted by atomic mass is 10.0. The van der Waals surface area contributed by atoms with Crippen LogP contribution in [0.15, 0.2) is 42.6 Å². The molecule has 4 heteroatoms. The first kappa shape index (κ1) is 13.1. The third-order valence-corrected chi connectivity index (χ3v) is 4.18. The van der Waals surface area contributed by atoms with Crippen LogP contribution in [0.2, 0.25) is 0 Å². The van der Waals surface area contributed by atoms with Gasteiger partial charge in [-0.3, -0.25) is 0 Å². The molecule has 0 aliphatic rings. The number of nitrogens with zero attached hydrogens (tertiary/aromatic N) is 1. The average molecular weight is 284 g/mol. The molecule has 3 nitrogen and oxygen atoms in total. The van der Waals surface area contributed by atoms with Crippen molar-refractivity contribution in [2.24, 2.45) is 0 Å². The number of benzene rings is 2. The molecule has 2 aromatic carbocycles. The highest BCUT2D eigenvalue weighted by molar-refractivity contribution is 7.11. The fraction of sp³-hybridized carbons (Fsp3) is 0.188. The number of phenols is 1. The molecule has 0 spiro atoms. The molecule has 0 fully saturated rings. The van der Waals surface area contributed by atoms with E-state index in [1.807, 2.05) is 30.5 Å². The van der Waals surface area contributed by atoms with Crippen LogP contribution < -0.4 is 5.32 Å². The minimum Gasteiger partial charge on any atom is -0.508 e. The number of aryl methyl sites for hydroxylation is 1. The molecule has 102 valence electrons. The molecule has 0 amide bonds. The van der Waals surface area contributed by atoms with Gasteiger partial charge in [0, 0.05) is 29.7 Å². The maximum Gasteiger partial charge on any atom is 0.120 e. The van der Waals surface area contributed by atoms with E-state index in [1.165, 1.54) is 4.88 Å². The summed E-state index contributed by atoms with van der Waals surface area (Å²) in [5, 5.41) is 16.7. The van der Waals surface area contributed by atoms with Crippen LogP contribution in [0.25, 0.3) is 10.8 Å². The van der Waals surface area contributed by atoms with Gasteiger partial charge in [0.15, 0.2) is 0 Å². The van der Waals surface area contributed by atoms with Gasteiger partial charge in [-0.15, -0.1) is 11.3 Å². The first-order valence-electron chi connectivity index (χ1n) is 6.55. The summed E-state index contributed by atoms with van der Waals surface area (Å²) in [5.41, 5.74) is 0.941. The highest BCUT2D eigenvalue weighted by Gasteiger charge is 2.06. The second kappa shape index (κ2) is 5.61. The summed E-state index contributed by atoms with van der Waals surface area (Å²) in [6.07, 6.45) is 1.89. The molecule has 2 N–H and O–H groups in total. The zero-order valence-electron chi connectivity index (χ0n) is 11.3. The summed E-state index contributed by atoms with van der Waals surface area (Å²) in [6.45, 7) is 3.41. The second-order valence-electron chi connectivity index (χ2n) is 4.75. The van der Waals surface area contributed by atoms with E-state index >= 15 is 0 Å². The van der Waals surface area contributed by atoms with Crippen LogP contribution in [-0.4, -0.2) is 10.1 Å². The van der Waals surface area contributed by atoms with Crippen LogP contribution in [0.5, 0.6) is 5.75 Å². The summed E-state index contributed by atoms with van der Waals surface area (Å²) in [6, 6.07) is 11.8. The minimum absolute atomic E-state index is 0.339. The number of nitrogens with one attached hydrogen (secondary N) is 1. The minimum atomic E-state index is 0.339. The van der Waals surface area contributed by atoms with E-state index in [9.17, 15) is 5.11 Å². The highest BCUT2D eigenvalue weighted by atomic mass is 32.1. The SMILES string of the molecule is Cc1cnc(CNCc2c(O)ccc3ccccc23)s1. The summed E-state index contributed by atoms with van der Waals surface area (Å²) in [4.78, 5) is 5.54. The summed E-state index contributed by atoms with van der Waals surface area (Å²) in [5.74, 6) is 0.339. The van der Waals surface area contributed by atoms with Crippen molar-refractivity contribution in [1.82, 2.24) is 10.3 Å². The Hall–Kier alpha value is -1.91. The third-order valence-electron chi connectivity index (χ3n) is 3.26. The van der Waals surface area contributed by atoms with Crippen molar-refractivity contribution >= 4 is 22.1 Å². The molecule has 1 aromatic heterocycles. The predicted molar refractivity (Wildman–Crippen MR) is 83.0 cm³/mol. The number of phenolic OH excluding ortho intramolecular Hbond substituents is 1. The molecule has 0 radical (unpaired) electrons. The highest BCUT2D eigenvalue weighted by Crippen LogP contribution is 2.27. The Balaban J connectivity index is 1.78. The Kier molecular flexibility index (Phi) is 3.67. The molecule has 0 aliphatic carbocycles. The number of hydrogen-bond donors (Lipinski definition) is 2. The number of thiazole rings is 1. The van der Waals surface area contributed by atoms with Crippen LogP contribution in [-0.2, 0) is 13.1 Å². The van der Waals surface area contributed by atoms with Gasteiger partial charge in [-0.2, -0.15) is 0 Å². The molecular formula is C16H16N2OS. The Morgan fingerprint density at radius 1 is 1.15 bits per heavy atom. The van der Waals surface area contributed by atoms with E-state index in [4.69, 9.17) is 0 Å². The maximum atomic E-state index is 10.1. The molecule has 0 bridgehead atoms. The van der Waals surface area contributed by atoms with Crippen molar-refractivity contribution in [3.8, 4) is 5.75 Å². The smallest absolute Gasteiger partial charge is 0.120 e.